The fourth-order valence-electron chi connectivity index (χ4n) is 2.26. The number of carbonyl (C=O) groups is 1. The summed E-state index contributed by atoms with van der Waals surface area (Å²) in [5.74, 6) is -5.89. The normalized spacial score (nSPS) is 11.0. The molecule has 2 heterocycles. The number of carbonyl (C=O) groups excluding carboxylic acids is 1. The van der Waals surface area contributed by atoms with Gasteiger partial charge in [-0.3, -0.25) is 9.36 Å². The zero-order valence-corrected chi connectivity index (χ0v) is 12.2. The minimum Gasteiger partial charge on any atom is -0.462 e. The molecule has 2 aromatic heterocycles. The lowest BCUT2D eigenvalue weighted by Gasteiger charge is -2.12. The van der Waals surface area contributed by atoms with Gasteiger partial charge in [-0.2, -0.15) is 0 Å². The topological polar surface area (TPSA) is 74.3 Å². The van der Waals surface area contributed by atoms with Gasteiger partial charge in [0.15, 0.2) is 23.3 Å². The number of esters is 1. The Kier molecular flexibility index (Phi) is 3.84. The van der Waals surface area contributed by atoms with Crippen LogP contribution in [0.25, 0.3) is 16.7 Å². The van der Waals surface area contributed by atoms with Crippen molar-refractivity contribution >= 4 is 16.9 Å². The van der Waals surface area contributed by atoms with Crippen LogP contribution in [0.5, 0.6) is 0 Å². The van der Waals surface area contributed by atoms with E-state index in [1.54, 1.807) is 0 Å². The number of nitrogens with zero attached hydrogens (tertiary/aromatic N) is 2. The van der Waals surface area contributed by atoms with Crippen molar-refractivity contribution in [2.75, 3.05) is 6.61 Å². The van der Waals surface area contributed by atoms with E-state index in [1.807, 2.05) is 0 Å². The van der Waals surface area contributed by atoms with Crippen LogP contribution in [0.15, 0.2) is 33.9 Å². The summed E-state index contributed by atoms with van der Waals surface area (Å²) >= 11 is 0. The molecule has 0 spiro atoms. The maximum atomic E-state index is 14.2. The molecule has 0 bridgehead atoms. The van der Waals surface area contributed by atoms with Gasteiger partial charge in [0.2, 0.25) is 5.43 Å². The molecule has 0 aliphatic heterocycles. The van der Waals surface area contributed by atoms with E-state index < -0.39 is 45.3 Å². The van der Waals surface area contributed by atoms with Crippen LogP contribution in [-0.2, 0) is 4.74 Å². The van der Waals surface area contributed by atoms with Crippen LogP contribution >= 0.6 is 0 Å². The van der Waals surface area contributed by atoms with Crippen molar-refractivity contribution < 1.29 is 27.2 Å². The van der Waals surface area contributed by atoms with Gasteiger partial charge in [0.1, 0.15) is 11.8 Å². The highest BCUT2D eigenvalue weighted by Crippen LogP contribution is 2.24. The van der Waals surface area contributed by atoms with Crippen LogP contribution in [0, 0.1) is 17.5 Å². The maximum absolute atomic E-state index is 14.2. The molecule has 3 rings (SSSR count). The highest BCUT2D eigenvalue weighted by atomic mass is 19.2. The summed E-state index contributed by atoms with van der Waals surface area (Å²) in [6.07, 6.45) is 2.10. The molecular formula is C15H9F3N2O4. The third-order valence-electron chi connectivity index (χ3n) is 3.29. The smallest absolute Gasteiger partial charge is 0.343 e. The molecular weight excluding hydrogens is 329 g/mol. The molecule has 0 unspecified atom stereocenters. The standard InChI is InChI=1S/C15H9F3N2O4/c1-2-23-15(22)8-6-20(10-3-4-24-19-10)13-7(14(8)21)5-9(16)11(17)12(13)18/h3-6H,2H2,1H3. The molecule has 1 aromatic carbocycles. The minimum absolute atomic E-state index is 0.00753. The first kappa shape index (κ1) is 15.8. The Balaban J connectivity index is 2.47. The molecule has 0 saturated carbocycles. The van der Waals surface area contributed by atoms with E-state index in [0.29, 0.717) is 6.07 Å². The van der Waals surface area contributed by atoms with Crippen LogP contribution in [-0.4, -0.2) is 22.3 Å². The highest BCUT2D eigenvalue weighted by molar-refractivity contribution is 5.94. The average molecular weight is 338 g/mol. The van der Waals surface area contributed by atoms with E-state index in [4.69, 9.17) is 4.74 Å². The second-order valence-electron chi connectivity index (χ2n) is 4.70. The fraction of sp³-hybridized carbons (Fsp3) is 0.133. The van der Waals surface area contributed by atoms with Gasteiger partial charge < -0.3 is 9.26 Å². The van der Waals surface area contributed by atoms with Gasteiger partial charge >= 0.3 is 5.97 Å². The molecule has 6 nitrogen and oxygen atoms in total. The van der Waals surface area contributed by atoms with E-state index in [0.717, 1.165) is 17.0 Å². The Morgan fingerprint density at radius 1 is 1.33 bits per heavy atom. The molecule has 0 aliphatic carbocycles. The van der Waals surface area contributed by atoms with E-state index in [-0.39, 0.29) is 12.4 Å². The SMILES string of the molecule is CCOC(=O)c1cn(-c2ccon2)c2c(F)c(F)c(F)cc2c1=O. The van der Waals surface area contributed by atoms with Crippen molar-refractivity contribution in [1.82, 2.24) is 9.72 Å². The highest BCUT2D eigenvalue weighted by Gasteiger charge is 2.24. The molecule has 0 fully saturated rings. The Labute approximate surface area is 132 Å². The van der Waals surface area contributed by atoms with Crippen molar-refractivity contribution in [2.45, 2.75) is 6.92 Å². The molecule has 3 aromatic rings. The van der Waals surface area contributed by atoms with Crippen LogP contribution in [0.1, 0.15) is 17.3 Å². The van der Waals surface area contributed by atoms with Crippen LogP contribution in [0.4, 0.5) is 13.2 Å². The molecule has 0 aliphatic rings. The lowest BCUT2D eigenvalue weighted by Crippen LogP contribution is -2.21. The largest absolute Gasteiger partial charge is 0.462 e. The minimum atomic E-state index is -1.75. The first-order chi connectivity index (χ1) is 11.5. The third kappa shape index (κ3) is 2.34. The van der Waals surface area contributed by atoms with Crippen molar-refractivity contribution in [3.63, 3.8) is 0 Å². The Morgan fingerprint density at radius 3 is 2.71 bits per heavy atom. The average Bonchev–Trinajstić information content (AvgIpc) is 3.08. The van der Waals surface area contributed by atoms with Gasteiger partial charge in [0, 0.05) is 12.3 Å². The number of ether oxygens (including phenoxy) is 1. The van der Waals surface area contributed by atoms with Gasteiger partial charge in [0.05, 0.1) is 17.5 Å². The van der Waals surface area contributed by atoms with Gasteiger partial charge in [-0.15, -0.1) is 0 Å². The summed E-state index contributed by atoms with van der Waals surface area (Å²) in [7, 11) is 0. The molecule has 9 heteroatoms. The Morgan fingerprint density at radius 2 is 2.08 bits per heavy atom. The van der Waals surface area contributed by atoms with Gasteiger partial charge in [-0.1, -0.05) is 5.16 Å². The number of benzene rings is 1. The van der Waals surface area contributed by atoms with E-state index >= 15 is 0 Å². The van der Waals surface area contributed by atoms with Crippen LogP contribution in [0.3, 0.4) is 0 Å². The Hall–Kier alpha value is -3.10. The van der Waals surface area contributed by atoms with E-state index in [1.165, 1.54) is 13.0 Å². The summed E-state index contributed by atoms with van der Waals surface area (Å²) in [6.45, 7) is 1.52. The lowest BCUT2D eigenvalue weighted by molar-refractivity contribution is 0.0524. The summed E-state index contributed by atoms with van der Waals surface area (Å²) in [5, 5.41) is 3.03. The number of rotatable bonds is 3. The second kappa shape index (κ2) is 5.84. The molecule has 0 radical (unpaired) electrons. The predicted octanol–water partition coefficient (Wildman–Crippen LogP) is 2.57. The zero-order chi connectivity index (χ0) is 17.4. The molecule has 124 valence electrons. The maximum Gasteiger partial charge on any atom is 0.343 e. The van der Waals surface area contributed by atoms with E-state index in [2.05, 4.69) is 9.68 Å². The number of pyridine rings is 1. The van der Waals surface area contributed by atoms with Gasteiger partial charge in [-0.05, 0) is 13.0 Å². The molecule has 0 saturated heterocycles. The van der Waals surface area contributed by atoms with E-state index in [9.17, 15) is 22.8 Å². The van der Waals surface area contributed by atoms with Crippen molar-refractivity contribution in [1.29, 1.82) is 0 Å². The fourth-order valence-corrected chi connectivity index (χ4v) is 2.26. The quantitative estimate of drug-likeness (QED) is 0.542. The van der Waals surface area contributed by atoms with Gasteiger partial charge in [0.25, 0.3) is 0 Å². The second-order valence-corrected chi connectivity index (χ2v) is 4.70. The molecule has 0 N–H and O–H groups in total. The third-order valence-corrected chi connectivity index (χ3v) is 3.29. The van der Waals surface area contributed by atoms with Crippen LogP contribution < -0.4 is 5.43 Å². The lowest BCUT2D eigenvalue weighted by atomic mass is 10.1. The number of fused-ring (bicyclic) bond motifs is 1. The van der Waals surface area contributed by atoms with Crippen molar-refractivity contribution in [2.24, 2.45) is 0 Å². The van der Waals surface area contributed by atoms with Crippen molar-refractivity contribution in [3.05, 3.63) is 57.8 Å². The number of hydrogen-bond acceptors (Lipinski definition) is 5. The summed E-state index contributed by atoms with van der Waals surface area (Å²) in [4.78, 5) is 24.3. The summed E-state index contributed by atoms with van der Waals surface area (Å²) < 4.78 is 51.7. The zero-order valence-electron chi connectivity index (χ0n) is 12.2. The summed E-state index contributed by atoms with van der Waals surface area (Å²) in [5.41, 5.74) is -2.03. The van der Waals surface area contributed by atoms with Gasteiger partial charge in [-0.25, -0.2) is 18.0 Å². The number of hydrogen-bond donors (Lipinski definition) is 0. The first-order valence-corrected chi connectivity index (χ1v) is 6.76. The Bertz CT molecular complexity index is 996. The van der Waals surface area contributed by atoms with Crippen molar-refractivity contribution in [3.8, 4) is 5.82 Å². The predicted molar refractivity (Wildman–Crippen MR) is 75.4 cm³/mol. The number of halogens is 3. The van der Waals surface area contributed by atoms with Crippen LogP contribution in [0.2, 0.25) is 0 Å². The first-order valence-electron chi connectivity index (χ1n) is 6.76. The molecule has 24 heavy (non-hydrogen) atoms. The monoisotopic (exact) mass is 338 g/mol. The summed E-state index contributed by atoms with van der Waals surface area (Å²) in [6, 6.07) is 1.81. The number of aromatic nitrogens is 2. The molecule has 0 amide bonds. The molecule has 0 atom stereocenters.